The number of hydrogen-bond acceptors (Lipinski definition) is 9. The van der Waals surface area contributed by atoms with Gasteiger partial charge in [0.15, 0.2) is 28.8 Å². The SMILES string of the molecule is COc1cc(C2Oc3c(O)cc([C@@H]4CC(=O)c5c(O)cc(O)cc5O4)cc3C2CO)ccc1O. The average Bonchev–Trinajstić information content (AvgIpc) is 3.17. The van der Waals surface area contributed by atoms with Crippen LogP contribution in [0.4, 0.5) is 0 Å². The number of rotatable bonds is 4. The zero-order valence-corrected chi connectivity index (χ0v) is 18.1. The van der Waals surface area contributed by atoms with Crippen LogP contribution in [0.2, 0.25) is 0 Å². The topological polar surface area (TPSA) is 146 Å². The van der Waals surface area contributed by atoms with Gasteiger partial charge in [-0.25, -0.2) is 0 Å². The first kappa shape index (κ1) is 21.7. The number of carbonyl (C=O) groups is 1. The largest absolute Gasteiger partial charge is 0.508 e. The minimum absolute atomic E-state index is 0.00246. The van der Waals surface area contributed by atoms with Gasteiger partial charge in [0.05, 0.1) is 26.1 Å². The maximum Gasteiger partial charge on any atom is 0.174 e. The van der Waals surface area contributed by atoms with Crippen LogP contribution in [0.25, 0.3) is 0 Å². The van der Waals surface area contributed by atoms with Gasteiger partial charge in [-0.2, -0.15) is 0 Å². The van der Waals surface area contributed by atoms with Gasteiger partial charge in [0, 0.05) is 17.7 Å². The Morgan fingerprint density at radius 3 is 2.47 bits per heavy atom. The first-order chi connectivity index (χ1) is 16.3. The highest BCUT2D eigenvalue weighted by atomic mass is 16.5. The van der Waals surface area contributed by atoms with Crippen LogP contribution in [-0.2, 0) is 0 Å². The molecule has 0 saturated heterocycles. The summed E-state index contributed by atoms with van der Waals surface area (Å²) in [5, 5.41) is 50.6. The molecule has 0 fully saturated rings. The number of aliphatic hydroxyl groups excluding tert-OH is 1. The lowest BCUT2D eigenvalue weighted by Crippen LogP contribution is -2.20. The molecular weight excluding hydrogens is 444 g/mol. The molecule has 2 aliphatic rings. The summed E-state index contributed by atoms with van der Waals surface area (Å²) in [4.78, 5) is 12.7. The molecule has 0 aliphatic carbocycles. The van der Waals surface area contributed by atoms with Gasteiger partial charge in [0.1, 0.15) is 35.0 Å². The van der Waals surface area contributed by atoms with Gasteiger partial charge in [0.25, 0.3) is 0 Å². The molecule has 5 rings (SSSR count). The van der Waals surface area contributed by atoms with Crippen LogP contribution in [0.1, 0.15) is 51.6 Å². The van der Waals surface area contributed by atoms with E-state index in [4.69, 9.17) is 14.2 Å². The molecule has 0 radical (unpaired) electrons. The molecule has 0 amide bonds. The van der Waals surface area contributed by atoms with E-state index in [1.165, 1.54) is 25.3 Å². The zero-order valence-electron chi connectivity index (χ0n) is 18.1. The predicted octanol–water partition coefficient (Wildman–Crippen LogP) is 3.43. The third kappa shape index (κ3) is 3.41. The van der Waals surface area contributed by atoms with Gasteiger partial charge < -0.3 is 39.7 Å². The Labute approximate surface area is 194 Å². The summed E-state index contributed by atoms with van der Waals surface area (Å²) in [6, 6.07) is 10.2. The van der Waals surface area contributed by atoms with E-state index in [0.29, 0.717) is 16.7 Å². The van der Waals surface area contributed by atoms with E-state index in [1.807, 2.05) is 0 Å². The summed E-state index contributed by atoms with van der Waals surface area (Å²) >= 11 is 0. The second kappa shape index (κ2) is 8.03. The average molecular weight is 466 g/mol. The van der Waals surface area contributed by atoms with Crippen LogP contribution < -0.4 is 14.2 Å². The summed E-state index contributed by atoms with van der Waals surface area (Å²) in [5.41, 5.74) is 1.64. The Kier molecular flexibility index (Phi) is 5.13. The maximum absolute atomic E-state index is 12.7. The number of aliphatic hydroxyl groups is 1. The van der Waals surface area contributed by atoms with E-state index < -0.39 is 18.1 Å². The second-order valence-electron chi connectivity index (χ2n) is 8.29. The number of carbonyl (C=O) groups excluding carboxylic acids is 1. The standard InChI is InChI=1S/C25H22O9/c1-32-21-6-11(2-3-16(21)28)24-15(10-26)14-4-12(5-19(31)25(14)34-24)20-9-18(30)23-17(29)7-13(27)8-22(23)33-20/h2-8,15,20,24,26-29,31H,9-10H2,1H3/t15?,20-,24?/m0/s1. The van der Waals surface area contributed by atoms with Crippen molar-refractivity contribution in [2.45, 2.75) is 24.5 Å². The second-order valence-corrected chi connectivity index (χ2v) is 8.29. The fourth-order valence-electron chi connectivity index (χ4n) is 4.60. The smallest absolute Gasteiger partial charge is 0.174 e. The van der Waals surface area contributed by atoms with Crippen LogP contribution in [0, 0.1) is 0 Å². The third-order valence-electron chi connectivity index (χ3n) is 6.22. The van der Waals surface area contributed by atoms with Crippen molar-refractivity contribution >= 4 is 5.78 Å². The van der Waals surface area contributed by atoms with Crippen LogP contribution in [-0.4, -0.2) is 45.0 Å². The number of hydrogen-bond donors (Lipinski definition) is 5. The van der Waals surface area contributed by atoms with E-state index in [1.54, 1.807) is 18.2 Å². The fourth-order valence-corrected chi connectivity index (χ4v) is 4.60. The van der Waals surface area contributed by atoms with Crippen molar-refractivity contribution in [3.63, 3.8) is 0 Å². The van der Waals surface area contributed by atoms with Gasteiger partial charge in [-0.3, -0.25) is 4.79 Å². The number of methoxy groups -OCH3 is 1. The van der Waals surface area contributed by atoms with Crippen molar-refractivity contribution in [1.82, 2.24) is 0 Å². The summed E-state index contributed by atoms with van der Waals surface area (Å²) in [5.74, 6) is -1.25. The van der Waals surface area contributed by atoms with Gasteiger partial charge in [-0.1, -0.05) is 6.07 Å². The molecule has 176 valence electrons. The molecule has 3 atom stereocenters. The Morgan fingerprint density at radius 2 is 1.74 bits per heavy atom. The van der Waals surface area contributed by atoms with Crippen molar-refractivity contribution in [3.05, 3.63) is 64.7 Å². The molecule has 5 N–H and O–H groups in total. The molecule has 2 aliphatic heterocycles. The number of Topliss-reactive ketones (excluding diaryl/α,β-unsaturated/α-hetero) is 1. The van der Waals surface area contributed by atoms with Crippen LogP contribution in [0.3, 0.4) is 0 Å². The van der Waals surface area contributed by atoms with Crippen molar-refractivity contribution < 1.29 is 44.5 Å². The number of fused-ring (bicyclic) bond motifs is 2. The van der Waals surface area contributed by atoms with E-state index in [9.17, 15) is 30.3 Å². The lowest BCUT2D eigenvalue weighted by atomic mass is 9.88. The van der Waals surface area contributed by atoms with Gasteiger partial charge in [-0.15, -0.1) is 0 Å². The van der Waals surface area contributed by atoms with Gasteiger partial charge in [0.2, 0.25) is 0 Å². The quantitative estimate of drug-likeness (QED) is 0.390. The minimum atomic E-state index is -0.787. The summed E-state index contributed by atoms with van der Waals surface area (Å²) in [7, 11) is 1.42. The molecule has 9 heteroatoms. The zero-order chi connectivity index (χ0) is 24.1. The number of benzene rings is 3. The Bertz CT molecular complexity index is 1300. The monoisotopic (exact) mass is 466 g/mol. The van der Waals surface area contributed by atoms with Crippen molar-refractivity contribution in [2.24, 2.45) is 0 Å². The summed E-state index contributed by atoms with van der Waals surface area (Å²) in [6.07, 6.45) is -1.53. The molecule has 34 heavy (non-hydrogen) atoms. The summed E-state index contributed by atoms with van der Waals surface area (Å²) < 4.78 is 17.1. The highest BCUT2D eigenvalue weighted by Gasteiger charge is 2.39. The van der Waals surface area contributed by atoms with Crippen LogP contribution in [0.15, 0.2) is 42.5 Å². The minimum Gasteiger partial charge on any atom is -0.508 e. The Balaban J connectivity index is 1.51. The van der Waals surface area contributed by atoms with Gasteiger partial charge >= 0.3 is 0 Å². The van der Waals surface area contributed by atoms with E-state index in [0.717, 1.165) is 6.07 Å². The Morgan fingerprint density at radius 1 is 0.941 bits per heavy atom. The van der Waals surface area contributed by atoms with E-state index in [2.05, 4.69) is 0 Å². The first-order valence-electron chi connectivity index (χ1n) is 10.6. The first-order valence-corrected chi connectivity index (χ1v) is 10.6. The van der Waals surface area contributed by atoms with Gasteiger partial charge in [-0.05, 0) is 35.4 Å². The van der Waals surface area contributed by atoms with Crippen molar-refractivity contribution in [2.75, 3.05) is 13.7 Å². The molecular formula is C25H22O9. The molecule has 2 unspecified atom stereocenters. The molecule has 0 saturated carbocycles. The number of phenols is 4. The Hall–Kier alpha value is -4.11. The lowest BCUT2D eigenvalue weighted by molar-refractivity contribution is 0.0844. The number of phenolic OH excluding ortho intramolecular Hbond substituents is 4. The highest BCUT2D eigenvalue weighted by Crippen LogP contribution is 2.52. The molecule has 0 spiro atoms. The third-order valence-corrected chi connectivity index (χ3v) is 6.22. The molecule has 9 nitrogen and oxygen atoms in total. The van der Waals surface area contributed by atoms with E-state index >= 15 is 0 Å². The molecule has 0 aromatic heterocycles. The summed E-state index contributed by atoms with van der Waals surface area (Å²) in [6.45, 7) is -0.293. The normalized spacial score (nSPS) is 20.8. The molecule has 3 aromatic rings. The number of ether oxygens (including phenoxy) is 3. The van der Waals surface area contributed by atoms with E-state index in [-0.39, 0.29) is 64.6 Å². The van der Waals surface area contributed by atoms with Crippen LogP contribution in [0.5, 0.6) is 40.2 Å². The van der Waals surface area contributed by atoms with Crippen molar-refractivity contribution in [1.29, 1.82) is 0 Å². The predicted molar refractivity (Wildman–Crippen MR) is 118 cm³/mol. The lowest BCUT2D eigenvalue weighted by Gasteiger charge is -2.26. The van der Waals surface area contributed by atoms with Crippen molar-refractivity contribution in [3.8, 4) is 40.2 Å². The number of aromatic hydroxyl groups is 4. The fraction of sp³-hybridized carbons (Fsp3) is 0.240. The molecule has 3 aromatic carbocycles. The molecule has 2 heterocycles. The maximum atomic E-state index is 12.7. The number of ketones is 1. The molecule has 0 bridgehead atoms. The highest BCUT2D eigenvalue weighted by molar-refractivity contribution is 6.02. The van der Waals surface area contributed by atoms with Crippen LogP contribution >= 0.6 is 0 Å².